The number of benzene rings is 2. The summed E-state index contributed by atoms with van der Waals surface area (Å²) < 4.78 is 62.0. The number of hydrogen-bond donors (Lipinski definition) is 2. The summed E-state index contributed by atoms with van der Waals surface area (Å²) >= 11 is 0. The van der Waals surface area contributed by atoms with Crippen LogP contribution in [0.3, 0.4) is 0 Å². The molecule has 0 bridgehead atoms. The standard InChI is InChI=1S/2C6H6O4S.2Na/c2*7-5-3-1-2-4-6(5)11(8,9)10;;/h2*1-4,7H,(H,8,9,10);;/q;;2*+1/p-2. The summed E-state index contributed by atoms with van der Waals surface area (Å²) in [6, 6.07) is 9.99. The van der Waals surface area contributed by atoms with Gasteiger partial charge in [-0.25, -0.2) is 16.8 Å². The fraction of sp³-hybridized carbons (Fsp3) is 0. The van der Waals surface area contributed by atoms with Gasteiger partial charge >= 0.3 is 59.1 Å². The van der Waals surface area contributed by atoms with Crippen LogP contribution >= 0.6 is 0 Å². The third-order valence-corrected chi connectivity index (χ3v) is 4.04. The van der Waals surface area contributed by atoms with Crippen LogP contribution in [0.15, 0.2) is 58.3 Å². The van der Waals surface area contributed by atoms with Gasteiger partial charge in [-0.2, -0.15) is 0 Å². The molecule has 0 aromatic heterocycles. The van der Waals surface area contributed by atoms with Crippen molar-refractivity contribution in [2.24, 2.45) is 0 Å². The van der Waals surface area contributed by atoms with Crippen LogP contribution in [-0.4, -0.2) is 36.2 Å². The van der Waals surface area contributed by atoms with E-state index in [2.05, 4.69) is 0 Å². The summed E-state index contributed by atoms with van der Waals surface area (Å²) in [6.07, 6.45) is 0. The Balaban J connectivity index is 0. The van der Waals surface area contributed by atoms with Gasteiger partial charge in [0, 0.05) is 0 Å². The van der Waals surface area contributed by atoms with Crippen molar-refractivity contribution < 1.29 is 95.3 Å². The van der Waals surface area contributed by atoms with Crippen LogP contribution in [0.25, 0.3) is 0 Å². The third kappa shape index (κ3) is 8.30. The summed E-state index contributed by atoms with van der Waals surface area (Å²) in [4.78, 5) is -1.17. The van der Waals surface area contributed by atoms with E-state index in [1.54, 1.807) is 0 Å². The maximum atomic E-state index is 10.3. The fourth-order valence-corrected chi connectivity index (χ4v) is 2.48. The predicted octanol–water partition coefficient (Wildman–Crippen LogP) is -5.40. The van der Waals surface area contributed by atoms with Crippen molar-refractivity contribution >= 4 is 20.2 Å². The Morgan fingerprint density at radius 3 is 1.04 bits per heavy atom. The first kappa shape index (κ1) is 26.1. The minimum absolute atomic E-state index is 0. The van der Waals surface area contributed by atoms with Crippen molar-refractivity contribution in [1.82, 2.24) is 0 Å². The van der Waals surface area contributed by atoms with Gasteiger partial charge in [-0.3, -0.25) is 0 Å². The summed E-state index contributed by atoms with van der Waals surface area (Å²) in [5.74, 6) is -1.02. The van der Waals surface area contributed by atoms with Crippen LogP contribution in [0.5, 0.6) is 11.5 Å². The molecule has 24 heavy (non-hydrogen) atoms. The van der Waals surface area contributed by atoms with Gasteiger partial charge in [0.1, 0.15) is 31.7 Å². The van der Waals surface area contributed by atoms with Gasteiger partial charge in [0.15, 0.2) is 0 Å². The Labute approximate surface area is 183 Å². The first-order valence-electron chi connectivity index (χ1n) is 5.51. The molecule has 12 heteroatoms. The molecule has 2 N–H and O–H groups in total. The van der Waals surface area contributed by atoms with E-state index in [0.29, 0.717) is 0 Å². The van der Waals surface area contributed by atoms with Gasteiger partial charge < -0.3 is 19.3 Å². The molecule has 2 rings (SSSR count). The maximum absolute atomic E-state index is 10.3. The van der Waals surface area contributed by atoms with E-state index in [9.17, 15) is 25.9 Å². The molecule has 8 nitrogen and oxygen atoms in total. The Morgan fingerprint density at radius 1 is 0.625 bits per heavy atom. The topological polar surface area (TPSA) is 155 Å². The Morgan fingerprint density at radius 2 is 0.875 bits per heavy atom. The van der Waals surface area contributed by atoms with Crippen molar-refractivity contribution in [1.29, 1.82) is 0 Å². The van der Waals surface area contributed by atoms with Crippen LogP contribution < -0.4 is 59.1 Å². The van der Waals surface area contributed by atoms with Crippen molar-refractivity contribution in [3.8, 4) is 11.5 Å². The summed E-state index contributed by atoms with van der Waals surface area (Å²) in [6.45, 7) is 0. The predicted molar refractivity (Wildman–Crippen MR) is 72.1 cm³/mol. The zero-order valence-corrected chi connectivity index (χ0v) is 18.4. The van der Waals surface area contributed by atoms with Gasteiger partial charge in [-0.05, 0) is 24.3 Å². The van der Waals surface area contributed by atoms with E-state index in [-0.39, 0.29) is 59.1 Å². The SMILES string of the molecule is O=S(=O)([O-])c1ccccc1O.O=S(=O)([O-])c1ccccc1O.[Na+].[Na+]. The van der Waals surface area contributed by atoms with Crippen molar-refractivity contribution in [2.45, 2.75) is 9.79 Å². The molecule has 0 aliphatic rings. The molecule has 0 amide bonds. The second-order valence-corrected chi connectivity index (χ2v) is 6.54. The smallest absolute Gasteiger partial charge is 0.744 e. The van der Waals surface area contributed by atoms with E-state index in [4.69, 9.17) is 10.2 Å². The molecule has 2 aromatic carbocycles. The first-order valence-corrected chi connectivity index (χ1v) is 8.33. The summed E-state index contributed by atoms with van der Waals surface area (Å²) in [5, 5.41) is 17.7. The first-order chi connectivity index (χ1) is 10.0. The molecule has 2 aromatic rings. The Kier molecular flexibility index (Phi) is 11.7. The van der Waals surface area contributed by atoms with Crippen LogP contribution in [0.2, 0.25) is 0 Å². The normalized spacial score (nSPS) is 10.4. The minimum atomic E-state index is -4.53. The number of aromatic hydroxyl groups is 2. The number of hydrogen-bond acceptors (Lipinski definition) is 8. The molecule has 0 radical (unpaired) electrons. The van der Waals surface area contributed by atoms with Crippen molar-refractivity contribution in [3.05, 3.63) is 48.5 Å². The maximum Gasteiger partial charge on any atom is 1.00 e. The number of phenolic OH excluding ortho intramolecular Hbond substituents is 2. The Bertz CT molecular complexity index is 793. The quantitative estimate of drug-likeness (QED) is 0.379. The average Bonchev–Trinajstić information content (AvgIpc) is 2.37. The second-order valence-electron chi connectivity index (χ2n) is 3.84. The molecule has 0 heterocycles. The van der Waals surface area contributed by atoms with Crippen molar-refractivity contribution in [2.75, 3.05) is 0 Å². The van der Waals surface area contributed by atoms with Crippen LogP contribution in [0.1, 0.15) is 0 Å². The van der Waals surface area contributed by atoms with E-state index in [1.807, 2.05) is 0 Å². The molecule has 0 fully saturated rings. The molecule has 0 spiro atoms. The van der Waals surface area contributed by atoms with Gasteiger partial charge in [0.05, 0.1) is 9.79 Å². The summed E-state index contributed by atoms with van der Waals surface area (Å²) in [5.41, 5.74) is 0. The molecule has 120 valence electrons. The van der Waals surface area contributed by atoms with Crippen LogP contribution in [-0.2, 0) is 20.2 Å². The van der Waals surface area contributed by atoms with Gasteiger partial charge in [-0.15, -0.1) is 0 Å². The van der Waals surface area contributed by atoms with Gasteiger partial charge in [0.25, 0.3) is 0 Å². The molecular formula is C12H10Na2O8S2. The average molecular weight is 392 g/mol. The van der Waals surface area contributed by atoms with E-state index >= 15 is 0 Å². The monoisotopic (exact) mass is 392 g/mol. The van der Waals surface area contributed by atoms with Crippen molar-refractivity contribution in [3.63, 3.8) is 0 Å². The van der Waals surface area contributed by atoms with Gasteiger partial charge in [0.2, 0.25) is 0 Å². The van der Waals surface area contributed by atoms with Crippen LogP contribution in [0, 0.1) is 0 Å². The van der Waals surface area contributed by atoms with E-state index < -0.39 is 41.5 Å². The Hall–Kier alpha value is -0.140. The molecule has 0 saturated carbocycles. The number of phenols is 2. The van der Waals surface area contributed by atoms with Crippen LogP contribution in [0.4, 0.5) is 0 Å². The zero-order chi connectivity index (χ0) is 17.0. The third-order valence-electron chi connectivity index (χ3n) is 2.27. The molecule has 0 atom stereocenters. The second kappa shape index (κ2) is 10.8. The largest absolute Gasteiger partial charge is 1.00 e. The molecule has 0 aliphatic carbocycles. The fourth-order valence-electron chi connectivity index (χ4n) is 1.34. The van der Waals surface area contributed by atoms with Gasteiger partial charge in [-0.1, -0.05) is 24.3 Å². The number of para-hydroxylation sites is 2. The molecule has 0 unspecified atom stereocenters. The molecular weight excluding hydrogens is 382 g/mol. The van der Waals surface area contributed by atoms with E-state index in [1.165, 1.54) is 24.3 Å². The summed E-state index contributed by atoms with van der Waals surface area (Å²) in [7, 11) is -9.07. The number of rotatable bonds is 2. The van der Waals surface area contributed by atoms with E-state index in [0.717, 1.165) is 24.3 Å². The molecule has 0 aliphatic heterocycles. The molecule has 0 saturated heterocycles. The zero-order valence-electron chi connectivity index (χ0n) is 12.8. The minimum Gasteiger partial charge on any atom is -0.744 e.